The van der Waals surface area contributed by atoms with Crippen LogP contribution >= 0.6 is 11.6 Å². The maximum absolute atomic E-state index is 12.8. The fraction of sp³-hybridized carbons (Fsp3) is 0.208. The average molecular weight is 426 g/mol. The number of hydrogen-bond donors (Lipinski definition) is 1. The number of carbonyl (C=O) groups excluding carboxylic acids is 1. The molecule has 0 saturated carbocycles. The lowest BCUT2D eigenvalue weighted by atomic mass is 10.1. The van der Waals surface area contributed by atoms with E-state index < -0.39 is 0 Å². The minimum absolute atomic E-state index is 0.275. The van der Waals surface area contributed by atoms with Gasteiger partial charge in [0.1, 0.15) is 11.5 Å². The van der Waals surface area contributed by atoms with Crippen molar-refractivity contribution in [3.05, 3.63) is 88.4 Å². The van der Waals surface area contributed by atoms with Gasteiger partial charge in [-0.25, -0.2) is 0 Å². The van der Waals surface area contributed by atoms with Gasteiger partial charge in [0.2, 0.25) is 0 Å². The quantitative estimate of drug-likeness (QED) is 0.476. The number of amides is 1. The van der Waals surface area contributed by atoms with Crippen molar-refractivity contribution in [1.29, 1.82) is 0 Å². The van der Waals surface area contributed by atoms with Crippen molar-refractivity contribution < 1.29 is 19.0 Å². The largest absolute Gasteiger partial charge is 0.495 e. The van der Waals surface area contributed by atoms with Gasteiger partial charge in [-0.3, -0.25) is 4.79 Å². The molecular formula is C24H24ClNO4. The van der Waals surface area contributed by atoms with Crippen LogP contribution in [0.3, 0.4) is 0 Å². The molecule has 30 heavy (non-hydrogen) atoms. The molecule has 3 rings (SSSR count). The zero-order chi connectivity index (χ0) is 21.3. The van der Waals surface area contributed by atoms with Crippen molar-refractivity contribution in [2.24, 2.45) is 0 Å². The maximum Gasteiger partial charge on any atom is 0.255 e. The van der Waals surface area contributed by atoms with E-state index in [-0.39, 0.29) is 5.91 Å². The van der Waals surface area contributed by atoms with Crippen molar-refractivity contribution >= 4 is 23.2 Å². The molecule has 5 nitrogen and oxygen atoms in total. The molecule has 1 N–H and O–H groups in total. The van der Waals surface area contributed by atoms with E-state index in [1.54, 1.807) is 36.4 Å². The summed E-state index contributed by atoms with van der Waals surface area (Å²) in [4.78, 5) is 12.8. The molecule has 3 aromatic carbocycles. The molecule has 156 valence electrons. The van der Waals surface area contributed by atoms with Gasteiger partial charge < -0.3 is 19.5 Å². The normalized spacial score (nSPS) is 10.5. The Bertz CT molecular complexity index is 992. The van der Waals surface area contributed by atoms with Gasteiger partial charge in [0.25, 0.3) is 5.91 Å². The summed E-state index contributed by atoms with van der Waals surface area (Å²) in [5, 5.41) is 3.36. The third kappa shape index (κ3) is 5.75. The number of nitrogens with one attached hydrogen (secondary N) is 1. The van der Waals surface area contributed by atoms with Gasteiger partial charge in [-0.05, 0) is 48.9 Å². The first-order valence-corrected chi connectivity index (χ1v) is 10.0. The van der Waals surface area contributed by atoms with Crippen molar-refractivity contribution in [1.82, 2.24) is 0 Å². The Morgan fingerprint density at radius 1 is 0.967 bits per heavy atom. The summed E-state index contributed by atoms with van der Waals surface area (Å²) in [6, 6.07) is 20.3. The Morgan fingerprint density at radius 3 is 2.47 bits per heavy atom. The Hall–Kier alpha value is -3.02. The summed E-state index contributed by atoms with van der Waals surface area (Å²) in [7, 11) is 1.54. The topological polar surface area (TPSA) is 56.8 Å². The van der Waals surface area contributed by atoms with Gasteiger partial charge in [-0.15, -0.1) is 0 Å². The van der Waals surface area contributed by atoms with Crippen LogP contribution in [0, 0.1) is 0 Å². The van der Waals surface area contributed by atoms with Crippen LogP contribution in [0.2, 0.25) is 5.02 Å². The average Bonchev–Trinajstić information content (AvgIpc) is 2.76. The fourth-order valence-corrected chi connectivity index (χ4v) is 3.13. The lowest BCUT2D eigenvalue weighted by molar-refractivity contribution is 0.101. The molecule has 0 atom stereocenters. The highest BCUT2D eigenvalue weighted by Gasteiger charge is 2.14. The van der Waals surface area contributed by atoms with Crippen LogP contribution in [0.5, 0.6) is 11.5 Å². The number of carbonyl (C=O) groups is 1. The van der Waals surface area contributed by atoms with Crippen LogP contribution < -0.4 is 14.8 Å². The molecule has 3 aromatic rings. The van der Waals surface area contributed by atoms with E-state index in [0.717, 1.165) is 11.1 Å². The molecule has 0 saturated heterocycles. The van der Waals surface area contributed by atoms with Crippen molar-refractivity contribution in [2.45, 2.75) is 20.1 Å². The highest BCUT2D eigenvalue weighted by Crippen LogP contribution is 2.29. The van der Waals surface area contributed by atoms with E-state index in [2.05, 4.69) is 5.32 Å². The van der Waals surface area contributed by atoms with Crippen molar-refractivity contribution in [3.8, 4) is 11.5 Å². The number of methoxy groups -OCH3 is 1. The predicted molar refractivity (Wildman–Crippen MR) is 119 cm³/mol. The van der Waals surface area contributed by atoms with E-state index >= 15 is 0 Å². The lowest BCUT2D eigenvalue weighted by Crippen LogP contribution is -2.13. The molecule has 0 aliphatic heterocycles. The third-order valence-electron chi connectivity index (χ3n) is 4.40. The number of rotatable bonds is 9. The van der Waals surface area contributed by atoms with Gasteiger partial charge >= 0.3 is 0 Å². The molecule has 0 unspecified atom stereocenters. The first-order valence-electron chi connectivity index (χ1n) is 9.63. The predicted octanol–water partition coefficient (Wildman–Crippen LogP) is 5.72. The fourth-order valence-electron chi connectivity index (χ4n) is 2.96. The van der Waals surface area contributed by atoms with Crippen LogP contribution in [-0.2, 0) is 18.0 Å². The molecule has 0 bridgehead atoms. The summed E-state index contributed by atoms with van der Waals surface area (Å²) in [5.74, 6) is 0.954. The standard InChI is InChI=1S/C24H24ClNO4/c1-3-30-22-11-9-18(13-19(22)16-29-15-17-7-5-4-6-8-17)24(27)26-21-14-20(25)10-12-23(21)28-2/h4-14H,3,15-16H2,1-2H3,(H,26,27). The van der Waals surface area contributed by atoms with Crippen molar-refractivity contribution in [2.75, 3.05) is 19.0 Å². The number of benzene rings is 3. The van der Waals surface area contributed by atoms with Crippen LogP contribution in [0.15, 0.2) is 66.7 Å². The van der Waals surface area contributed by atoms with E-state index in [9.17, 15) is 4.79 Å². The number of halogens is 1. The Labute approximate surface area is 181 Å². The molecule has 0 aromatic heterocycles. The van der Waals surface area contributed by atoms with Crippen molar-refractivity contribution in [3.63, 3.8) is 0 Å². The number of hydrogen-bond acceptors (Lipinski definition) is 4. The molecule has 6 heteroatoms. The molecular weight excluding hydrogens is 402 g/mol. The summed E-state index contributed by atoms with van der Waals surface area (Å²) >= 11 is 6.05. The molecule has 0 spiro atoms. The zero-order valence-corrected chi connectivity index (χ0v) is 17.7. The monoisotopic (exact) mass is 425 g/mol. The molecule has 0 heterocycles. The highest BCUT2D eigenvalue weighted by molar-refractivity contribution is 6.31. The minimum Gasteiger partial charge on any atom is -0.495 e. The molecule has 0 aliphatic rings. The van der Waals surface area contributed by atoms with Crippen LogP contribution in [0.1, 0.15) is 28.4 Å². The molecule has 1 amide bonds. The van der Waals surface area contributed by atoms with Gasteiger partial charge in [-0.2, -0.15) is 0 Å². The maximum atomic E-state index is 12.8. The van der Waals surface area contributed by atoms with E-state index in [1.165, 1.54) is 7.11 Å². The Morgan fingerprint density at radius 2 is 1.73 bits per heavy atom. The first-order chi connectivity index (χ1) is 14.6. The summed E-state index contributed by atoms with van der Waals surface area (Å²) < 4.78 is 16.8. The van der Waals surface area contributed by atoms with Crippen LogP contribution in [0.25, 0.3) is 0 Å². The van der Waals surface area contributed by atoms with Crippen LogP contribution in [-0.4, -0.2) is 19.6 Å². The van der Waals surface area contributed by atoms with E-state index in [4.69, 9.17) is 25.8 Å². The van der Waals surface area contributed by atoms with Gasteiger partial charge in [0, 0.05) is 16.1 Å². The SMILES string of the molecule is CCOc1ccc(C(=O)Nc2cc(Cl)ccc2OC)cc1COCc1ccccc1. The lowest BCUT2D eigenvalue weighted by Gasteiger charge is -2.14. The van der Waals surface area contributed by atoms with E-state index in [1.807, 2.05) is 37.3 Å². The second kappa shape index (κ2) is 10.7. The summed E-state index contributed by atoms with van der Waals surface area (Å²) in [6.45, 7) is 3.24. The smallest absolute Gasteiger partial charge is 0.255 e. The zero-order valence-electron chi connectivity index (χ0n) is 17.0. The first kappa shape index (κ1) is 21.7. The summed E-state index contributed by atoms with van der Waals surface area (Å²) in [5.41, 5.74) is 2.88. The Kier molecular flexibility index (Phi) is 7.71. The van der Waals surface area contributed by atoms with Crippen LogP contribution in [0.4, 0.5) is 5.69 Å². The second-order valence-electron chi connectivity index (χ2n) is 6.53. The second-order valence-corrected chi connectivity index (χ2v) is 6.97. The molecule has 0 aliphatic carbocycles. The van der Waals surface area contributed by atoms with E-state index in [0.29, 0.717) is 47.6 Å². The Balaban J connectivity index is 1.75. The van der Waals surface area contributed by atoms with Gasteiger partial charge in [0.15, 0.2) is 0 Å². The molecule has 0 radical (unpaired) electrons. The summed E-state index contributed by atoms with van der Waals surface area (Å²) in [6.07, 6.45) is 0. The highest BCUT2D eigenvalue weighted by atomic mass is 35.5. The third-order valence-corrected chi connectivity index (χ3v) is 4.64. The number of ether oxygens (including phenoxy) is 3. The van der Waals surface area contributed by atoms with Gasteiger partial charge in [0.05, 0.1) is 32.6 Å². The number of anilines is 1. The minimum atomic E-state index is -0.275. The van der Waals surface area contributed by atoms with Gasteiger partial charge in [-0.1, -0.05) is 41.9 Å². The molecule has 0 fully saturated rings.